The molecule has 1 unspecified atom stereocenters. The summed E-state index contributed by atoms with van der Waals surface area (Å²) in [6, 6.07) is -0.616. The lowest BCUT2D eigenvalue weighted by Crippen LogP contribution is -2.40. The molecule has 1 aliphatic rings. The molecule has 3 N–H and O–H groups in total. The van der Waals surface area contributed by atoms with Crippen molar-refractivity contribution in [3.63, 3.8) is 0 Å². The minimum atomic E-state index is -0.887. The number of carboxylic acids is 1. The highest BCUT2D eigenvalue weighted by Crippen LogP contribution is 2.27. The Bertz CT molecular complexity index is 315. The van der Waals surface area contributed by atoms with Crippen LogP contribution in [0.5, 0.6) is 0 Å². The third-order valence-corrected chi connectivity index (χ3v) is 3.69. The van der Waals surface area contributed by atoms with E-state index in [1.807, 2.05) is 0 Å². The first-order valence-corrected chi connectivity index (χ1v) is 6.60. The van der Waals surface area contributed by atoms with Crippen LogP contribution in [0, 0.1) is 5.41 Å². The van der Waals surface area contributed by atoms with Gasteiger partial charge in [0.25, 0.3) is 0 Å². The van der Waals surface area contributed by atoms with Gasteiger partial charge in [-0.25, -0.2) is 4.79 Å². The molecule has 5 nitrogen and oxygen atoms in total. The number of amides is 1. The van der Waals surface area contributed by atoms with Crippen LogP contribution in [-0.2, 0) is 9.59 Å². The standard InChI is InChI=1S/C13H24N2O3/c1-13(2,7-8-14)6-5-11(16)15-9-3-4-10(15)12(17)18/h10H,3-9,14H2,1-2H3,(H,17,18). The highest BCUT2D eigenvalue weighted by molar-refractivity contribution is 5.84. The number of nitrogens with two attached hydrogens (primary N) is 1. The molecule has 18 heavy (non-hydrogen) atoms. The van der Waals surface area contributed by atoms with E-state index in [0.29, 0.717) is 25.9 Å². The minimum absolute atomic E-state index is 0.0370. The molecule has 5 heteroatoms. The molecular weight excluding hydrogens is 232 g/mol. The number of carbonyl (C=O) groups is 2. The Morgan fingerprint density at radius 1 is 1.39 bits per heavy atom. The first-order valence-electron chi connectivity index (χ1n) is 6.60. The van der Waals surface area contributed by atoms with Gasteiger partial charge < -0.3 is 15.7 Å². The summed E-state index contributed by atoms with van der Waals surface area (Å²) >= 11 is 0. The number of aliphatic carboxylic acids is 1. The molecule has 1 amide bonds. The topological polar surface area (TPSA) is 83.6 Å². The van der Waals surface area contributed by atoms with E-state index in [4.69, 9.17) is 10.8 Å². The Balaban J connectivity index is 2.48. The molecule has 0 radical (unpaired) electrons. The lowest BCUT2D eigenvalue weighted by Gasteiger charge is -2.26. The number of carbonyl (C=O) groups excluding carboxylic acids is 1. The summed E-state index contributed by atoms with van der Waals surface area (Å²) < 4.78 is 0. The fourth-order valence-corrected chi connectivity index (χ4v) is 2.43. The van der Waals surface area contributed by atoms with Crippen molar-refractivity contribution in [3.05, 3.63) is 0 Å². The van der Waals surface area contributed by atoms with Crippen LogP contribution < -0.4 is 5.73 Å². The van der Waals surface area contributed by atoms with Gasteiger partial charge in [0, 0.05) is 13.0 Å². The molecule has 0 aromatic carbocycles. The quantitative estimate of drug-likeness (QED) is 0.748. The van der Waals surface area contributed by atoms with Gasteiger partial charge in [0.05, 0.1) is 0 Å². The molecule has 0 bridgehead atoms. The molecule has 0 spiro atoms. The highest BCUT2D eigenvalue weighted by Gasteiger charge is 2.34. The molecule has 1 heterocycles. The number of likely N-dealkylation sites (tertiary alicyclic amines) is 1. The Hall–Kier alpha value is -1.10. The van der Waals surface area contributed by atoms with Gasteiger partial charge in [0.1, 0.15) is 6.04 Å². The highest BCUT2D eigenvalue weighted by atomic mass is 16.4. The minimum Gasteiger partial charge on any atom is -0.480 e. The summed E-state index contributed by atoms with van der Waals surface area (Å²) in [6.07, 6.45) is 3.41. The van der Waals surface area contributed by atoms with Gasteiger partial charge in [-0.2, -0.15) is 0 Å². The molecule has 1 saturated heterocycles. The summed E-state index contributed by atoms with van der Waals surface area (Å²) in [5.41, 5.74) is 5.58. The summed E-state index contributed by atoms with van der Waals surface area (Å²) in [4.78, 5) is 24.6. The van der Waals surface area contributed by atoms with Crippen molar-refractivity contribution in [2.24, 2.45) is 11.1 Å². The van der Waals surface area contributed by atoms with Crippen molar-refractivity contribution in [2.45, 2.75) is 52.0 Å². The van der Waals surface area contributed by atoms with Gasteiger partial charge >= 0.3 is 5.97 Å². The van der Waals surface area contributed by atoms with E-state index in [9.17, 15) is 9.59 Å². The summed E-state index contributed by atoms with van der Waals surface area (Å²) in [5.74, 6) is -0.924. The van der Waals surface area contributed by atoms with Crippen molar-refractivity contribution < 1.29 is 14.7 Å². The molecule has 0 saturated carbocycles. The molecule has 0 aliphatic carbocycles. The van der Waals surface area contributed by atoms with Gasteiger partial charge in [-0.05, 0) is 37.6 Å². The predicted octanol–water partition coefficient (Wildman–Crippen LogP) is 1.22. The first-order chi connectivity index (χ1) is 8.37. The zero-order valence-electron chi connectivity index (χ0n) is 11.3. The van der Waals surface area contributed by atoms with Crippen molar-refractivity contribution >= 4 is 11.9 Å². The van der Waals surface area contributed by atoms with Crippen LogP contribution in [0.15, 0.2) is 0 Å². The van der Waals surface area contributed by atoms with E-state index < -0.39 is 12.0 Å². The Kier molecular flexibility index (Phi) is 5.14. The fourth-order valence-electron chi connectivity index (χ4n) is 2.43. The third-order valence-electron chi connectivity index (χ3n) is 3.69. The van der Waals surface area contributed by atoms with Crippen LogP contribution in [0.1, 0.15) is 46.0 Å². The monoisotopic (exact) mass is 256 g/mol. The molecule has 0 aromatic rings. The molecule has 1 aliphatic heterocycles. The Morgan fingerprint density at radius 2 is 2.06 bits per heavy atom. The molecule has 0 aromatic heterocycles. The van der Waals surface area contributed by atoms with E-state index >= 15 is 0 Å². The Labute approximate surface area is 108 Å². The fraction of sp³-hybridized carbons (Fsp3) is 0.846. The van der Waals surface area contributed by atoms with Gasteiger partial charge in [-0.15, -0.1) is 0 Å². The average Bonchev–Trinajstić information content (AvgIpc) is 2.74. The first kappa shape index (κ1) is 15.0. The second-order valence-electron chi connectivity index (χ2n) is 5.79. The summed E-state index contributed by atoms with van der Waals surface area (Å²) in [6.45, 7) is 5.37. The summed E-state index contributed by atoms with van der Waals surface area (Å²) in [7, 11) is 0. The van der Waals surface area contributed by atoms with E-state index in [0.717, 1.165) is 19.3 Å². The largest absolute Gasteiger partial charge is 0.480 e. The van der Waals surface area contributed by atoms with Crippen LogP contribution in [0.3, 0.4) is 0 Å². The van der Waals surface area contributed by atoms with Gasteiger partial charge in [-0.1, -0.05) is 13.8 Å². The van der Waals surface area contributed by atoms with E-state index in [2.05, 4.69) is 13.8 Å². The normalized spacial score (nSPS) is 20.2. The van der Waals surface area contributed by atoms with Crippen molar-refractivity contribution in [2.75, 3.05) is 13.1 Å². The number of hydrogen-bond acceptors (Lipinski definition) is 3. The molecule has 104 valence electrons. The van der Waals surface area contributed by atoms with Crippen LogP contribution in [0.2, 0.25) is 0 Å². The van der Waals surface area contributed by atoms with Crippen LogP contribution in [-0.4, -0.2) is 41.0 Å². The van der Waals surface area contributed by atoms with Crippen LogP contribution in [0.25, 0.3) is 0 Å². The maximum atomic E-state index is 12.0. The van der Waals surface area contributed by atoms with Crippen LogP contribution >= 0.6 is 0 Å². The lowest BCUT2D eigenvalue weighted by molar-refractivity contribution is -0.148. The summed E-state index contributed by atoms with van der Waals surface area (Å²) in [5, 5.41) is 9.03. The van der Waals surface area contributed by atoms with E-state index in [1.165, 1.54) is 4.90 Å². The van der Waals surface area contributed by atoms with Crippen molar-refractivity contribution in [1.29, 1.82) is 0 Å². The van der Waals surface area contributed by atoms with Gasteiger partial charge in [0.2, 0.25) is 5.91 Å². The zero-order valence-corrected chi connectivity index (χ0v) is 11.3. The second kappa shape index (κ2) is 6.18. The average molecular weight is 256 g/mol. The van der Waals surface area contributed by atoms with E-state index in [1.54, 1.807) is 0 Å². The van der Waals surface area contributed by atoms with Gasteiger partial charge in [-0.3, -0.25) is 4.79 Å². The maximum Gasteiger partial charge on any atom is 0.326 e. The molecule has 1 rings (SSSR count). The third kappa shape index (κ3) is 3.98. The lowest BCUT2D eigenvalue weighted by atomic mass is 9.84. The number of hydrogen-bond donors (Lipinski definition) is 2. The zero-order chi connectivity index (χ0) is 13.8. The van der Waals surface area contributed by atoms with Gasteiger partial charge in [0.15, 0.2) is 0 Å². The number of rotatable bonds is 6. The molecule has 1 fully saturated rings. The van der Waals surface area contributed by atoms with Crippen molar-refractivity contribution in [1.82, 2.24) is 4.90 Å². The second-order valence-corrected chi connectivity index (χ2v) is 5.79. The smallest absolute Gasteiger partial charge is 0.326 e. The van der Waals surface area contributed by atoms with Crippen LogP contribution in [0.4, 0.5) is 0 Å². The predicted molar refractivity (Wildman–Crippen MR) is 69.1 cm³/mol. The number of nitrogens with zero attached hydrogens (tertiary/aromatic N) is 1. The maximum absolute atomic E-state index is 12.0. The molecular formula is C13H24N2O3. The Morgan fingerprint density at radius 3 is 2.61 bits per heavy atom. The number of carboxylic acid groups (broad SMARTS) is 1. The van der Waals surface area contributed by atoms with Crippen molar-refractivity contribution in [3.8, 4) is 0 Å². The SMILES string of the molecule is CC(C)(CCN)CCC(=O)N1CCCC1C(=O)O. The van der Waals surface area contributed by atoms with E-state index in [-0.39, 0.29) is 11.3 Å². The molecule has 1 atom stereocenters.